The summed E-state index contributed by atoms with van der Waals surface area (Å²) in [6.45, 7) is 6.69. The lowest BCUT2D eigenvalue weighted by Crippen LogP contribution is -2.41. The van der Waals surface area contributed by atoms with Crippen molar-refractivity contribution in [3.8, 4) is 0 Å². The molecule has 1 aliphatic heterocycles. The van der Waals surface area contributed by atoms with Gasteiger partial charge in [0, 0.05) is 25.8 Å². The van der Waals surface area contributed by atoms with Crippen molar-refractivity contribution in [3.63, 3.8) is 0 Å². The Kier molecular flexibility index (Phi) is 7.77. The van der Waals surface area contributed by atoms with Crippen LogP contribution >= 0.6 is 0 Å². The van der Waals surface area contributed by atoms with Crippen LogP contribution in [0.4, 0.5) is 0 Å². The van der Waals surface area contributed by atoms with Crippen molar-refractivity contribution >= 4 is 0 Å². The van der Waals surface area contributed by atoms with E-state index in [1.54, 1.807) is 7.11 Å². The molecule has 1 aliphatic rings. The molecule has 0 aromatic heterocycles. The van der Waals surface area contributed by atoms with Gasteiger partial charge in [-0.3, -0.25) is 0 Å². The summed E-state index contributed by atoms with van der Waals surface area (Å²) in [6.07, 6.45) is 4.56. The third-order valence-corrected chi connectivity index (χ3v) is 3.63. The minimum Gasteiger partial charge on any atom is -0.395 e. The molecule has 0 bridgehead atoms. The van der Waals surface area contributed by atoms with E-state index in [1.165, 1.54) is 32.4 Å². The van der Waals surface area contributed by atoms with E-state index in [2.05, 4.69) is 17.1 Å². The van der Waals surface area contributed by atoms with Gasteiger partial charge in [0.2, 0.25) is 0 Å². The second-order valence-electron chi connectivity index (χ2n) is 4.89. The molecule has 1 heterocycles. The van der Waals surface area contributed by atoms with Crippen LogP contribution in [0.2, 0.25) is 0 Å². The predicted molar refractivity (Wildman–Crippen MR) is 70.3 cm³/mol. The van der Waals surface area contributed by atoms with Gasteiger partial charge in [0.25, 0.3) is 0 Å². The van der Waals surface area contributed by atoms with E-state index in [-0.39, 0.29) is 12.6 Å². The fraction of sp³-hybridized carbons (Fsp3) is 1.00. The normalized spacial score (nSPS) is 24.5. The van der Waals surface area contributed by atoms with Gasteiger partial charge in [0.05, 0.1) is 6.61 Å². The van der Waals surface area contributed by atoms with Gasteiger partial charge in [-0.2, -0.15) is 0 Å². The molecule has 2 unspecified atom stereocenters. The maximum Gasteiger partial charge on any atom is 0.0585 e. The van der Waals surface area contributed by atoms with Gasteiger partial charge in [-0.25, -0.2) is 0 Å². The van der Waals surface area contributed by atoms with Crippen molar-refractivity contribution in [1.82, 2.24) is 10.2 Å². The van der Waals surface area contributed by atoms with Crippen LogP contribution in [0, 0.1) is 0 Å². The Hall–Kier alpha value is -0.160. The first kappa shape index (κ1) is 14.9. The van der Waals surface area contributed by atoms with Gasteiger partial charge >= 0.3 is 0 Å². The quantitative estimate of drug-likeness (QED) is 0.697. The average Bonchev–Trinajstić information content (AvgIpc) is 2.59. The first-order chi connectivity index (χ1) is 8.30. The number of likely N-dealkylation sites (tertiary alicyclic amines) is 1. The van der Waals surface area contributed by atoms with Crippen LogP contribution in [0.15, 0.2) is 0 Å². The van der Waals surface area contributed by atoms with Crippen molar-refractivity contribution in [2.45, 2.75) is 44.7 Å². The molecule has 0 aliphatic carbocycles. The zero-order valence-electron chi connectivity index (χ0n) is 11.3. The van der Waals surface area contributed by atoms with Gasteiger partial charge in [-0.05, 0) is 45.3 Å². The lowest BCUT2D eigenvalue weighted by Gasteiger charge is -2.23. The van der Waals surface area contributed by atoms with Gasteiger partial charge in [0.1, 0.15) is 0 Å². The second kappa shape index (κ2) is 8.86. The van der Waals surface area contributed by atoms with Gasteiger partial charge in [-0.1, -0.05) is 6.92 Å². The highest BCUT2D eigenvalue weighted by atomic mass is 16.5. The summed E-state index contributed by atoms with van der Waals surface area (Å²) in [7, 11) is 1.71. The molecule has 0 spiro atoms. The molecule has 0 saturated carbocycles. The number of rotatable bonds is 7. The molecule has 17 heavy (non-hydrogen) atoms. The summed E-state index contributed by atoms with van der Waals surface area (Å²) in [6, 6.07) is 0.744. The number of nitrogens with one attached hydrogen (secondary N) is 1. The van der Waals surface area contributed by atoms with Crippen molar-refractivity contribution in [1.29, 1.82) is 0 Å². The van der Waals surface area contributed by atoms with E-state index in [0.717, 1.165) is 13.0 Å². The Morgan fingerprint density at radius 3 is 2.88 bits per heavy atom. The molecular weight excluding hydrogens is 216 g/mol. The molecule has 0 radical (unpaired) electrons. The fourth-order valence-electron chi connectivity index (χ4n) is 2.46. The van der Waals surface area contributed by atoms with E-state index in [0.29, 0.717) is 12.6 Å². The van der Waals surface area contributed by atoms with Crippen LogP contribution in [0.25, 0.3) is 0 Å². The number of aliphatic hydroxyl groups excluding tert-OH is 1. The Balaban J connectivity index is 2.28. The molecule has 0 aromatic rings. The van der Waals surface area contributed by atoms with Crippen LogP contribution < -0.4 is 5.32 Å². The maximum atomic E-state index is 9.32. The topological polar surface area (TPSA) is 44.7 Å². The number of aliphatic hydroxyl groups is 1. The van der Waals surface area contributed by atoms with E-state index in [9.17, 15) is 5.11 Å². The highest BCUT2D eigenvalue weighted by molar-refractivity contribution is 4.78. The molecule has 2 N–H and O–H groups in total. The predicted octanol–water partition coefficient (Wildman–Crippen LogP) is 0.848. The molecule has 1 fully saturated rings. The molecule has 1 rings (SSSR count). The Labute approximate surface area is 105 Å². The zero-order chi connectivity index (χ0) is 12.5. The van der Waals surface area contributed by atoms with E-state index in [1.807, 2.05) is 0 Å². The summed E-state index contributed by atoms with van der Waals surface area (Å²) in [4.78, 5) is 2.50. The molecule has 4 heteroatoms. The largest absolute Gasteiger partial charge is 0.395 e. The Bertz CT molecular complexity index is 190. The standard InChI is InChI=1S/C13H28N2O2/c1-3-15-8-4-5-12(6-9-15)14-13(11-16)7-10-17-2/h12-14,16H,3-11H2,1-2H3. The first-order valence-electron chi connectivity index (χ1n) is 6.88. The first-order valence-corrected chi connectivity index (χ1v) is 6.88. The van der Waals surface area contributed by atoms with Gasteiger partial charge in [-0.15, -0.1) is 0 Å². The number of ether oxygens (including phenoxy) is 1. The zero-order valence-corrected chi connectivity index (χ0v) is 11.3. The summed E-state index contributed by atoms with van der Waals surface area (Å²) in [5.41, 5.74) is 0. The summed E-state index contributed by atoms with van der Waals surface area (Å²) < 4.78 is 5.06. The van der Waals surface area contributed by atoms with Crippen LogP contribution in [-0.4, -0.2) is 62.0 Å². The minimum atomic E-state index is 0.188. The van der Waals surface area contributed by atoms with Crippen molar-refractivity contribution in [2.24, 2.45) is 0 Å². The highest BCUT2D eigenvalue weighted by Gasteiger charge is 2.18. The maximum absolute atomic E-state index is 9.32. The summed E-state index contributed by atoms with van der Waals surface area (Å²) >= 11 is 0. The molecule has 0 amide bonds. The number of hydrogen-bond donors (Lipinski definition) is 2. The molecule has 2 atom stereocenters. The van der Waals surface area contributed by atoms with Crippen LogP contribution in [0.3, 0.4) is 0 Å². The molecule has 0 aromatic carbocycles. The number of hydrogen-bond acceptors (Lipinski definition) is 4. The van der Waals surface area contributed by atoms with Crippen LogP contribution in [0.1, 0.15) is 32.6 Å². The van der Waals surface area contributed by atoms with E-state index in [4.69, 9.17) is 4.74 Å². The molecule has 102 valence electrons. The van der Waals surface area contributed by atoms with Gasteiger partial charge < -0.3 is 20.1 Å². The van der Waals surface area contributed by atoms with E-state index >= 15 is 0 Å². The lowest BCUT2D eigenvalue weighted by atomic mass is 10.1. The molecular formula is C13H28N2O2. The average molecular weight is 244 g/mol. The Morgan fingerprint density at radius 2 is 2.24 bits per heavy atom. The molecule has 1 saturated heterocycles. The fourth-order valence-corrected chi connectivity index (χ4v) is 2.46. The van der Waals surface area contributed by atoms with Gasteiger partial charge in [0.15, 0.2) is 0 Å². The van der Waals surface area contributed by atoms with Crippen molar-refractivity contribution < 1.29 is 9.84 Å². The minimum absolute atomic E-state index is 0.188. The van der Waals surface area contributed by atoms with Crippen LogP contribution in [-0.2, 0) is 4.74 Å². The second-order valence-corrected chi connectivity index (χ2v) is 4.89. The summed E-state index contributed by atoms with van der Waals surface area (Å²) in [5.74, 6) is 0. The third-order valence-electron chi connectivity index (χ3n) is 3.63. The number of methoxy groups -OCH3 is 1. The highest BCUT2D eigenvalue weighted by Crippen LogP contribution is 2.12. The smallest absolute Gasteiger partial charge is 0.0585 e. The van der Waals surface area contributed by atoms with Crippen LogP contribution in [0.5, 0.6) is 0 Å². The van der Waals surface area contributed by atoms with Crippen molar-refractivity contribution in [3.05, 3.63) is 0 Å². The number of nitrogens with zero attached hydrogens (tertiary/aromatic N) is 1. The monoisotopic (exact) mass is 244 g/mol. The van der Waals surface area contributed by atoms with Crippen molar-refractivity contribution in [2.75, 3.05) is 40.0 Å². The Morgan fingerprint density at radius 1 is 1.41 bits per heavy atom. The third kappa shape index (κ3) is 5.82. The molecule has 4 nitrogen and oxygen atoms in total. The SMILES string of the molecule is CCN1CCCC(NC(CO)CCOC)CC1. The lowest BCUT2D eigenvalue weighted by molar-refractivity contribution is 0.153. The van der Waals surface area contributed by atoms with E-state index < -0.39 is 0 Å². The summed E-state index contributed by atoms with van der Waals surface area (Å²) in [5, 5.41) is 12.9.